The molecule has 0 saturated carbocycles. The van der Waals surface area contributed by atoms with Crippen LogP contribution >= 0.6 is 0 Å². The minimum absolute atomic E-state index is 0.432. The van der Waals surface area contributed by atoms with Crippen molar-refractivity contribution >= 4 is 0 Å². The molecule has 0 bridgehead atoms. The fourth-order valence-electron chi connectivity index (χ4n) is 1.71. The number of hydrogen-bond acceptors (Lipinski definition) is 2. The Bertz CT molecular complexity index is 465. The number of aromatic nitrogens is 4. The molecule has 0 unspecified atom stereocenters. The number of aryl methyl sites for hydroxylation is 2. The molecule has 0 aliphatic heterocycles. The lowest BCUT2D eigenvalue weighted by atomic mass is 10.0. The second-order valence-electron chi connectivity index (χ2n) is 4.16. The van der Waals surface area contributed by atoms with Crippen molar-refractivity contribution in [2.45, 2.75) is 19.8 Å². The van der Waals surface area contributed by atoms with Gasteiger partial charge in [0.2, 0.25) is 0 Å². The number of hydrogen-bond donors (Lipinski definition) is 0. The van der Waals surface area contributed by atoms with E-state index in [9.17, 15) is 0 Å². The highest BCUT2D eigenvalue weighted by Crippen LogP contribution is 2.27. The van der Waals surface area contributed by atoms with Crippen molar-refractivity contribution in [3.8, 4) is 11.1 Å². The Hall–Kier alpha value is -1.58. The van der Waals surface area contributed by atoms with Gasteiger partial charge in [-0.3, -0.25) is 9.36 Å². The quantitative estimate of drug-likeness (QED) is 0.749. The van der Waals surface area contributed by atoms with Crippen molar-refractivity contribution in [1.29, 1.82) is 0 Å². The molecule has 0 fully saturated rings. The largest absolute Gasteiger partial charge is 0.275 e. The van der Waals surface area contributed by atoms with Gasteiger partial charge in [-0.2, -0.15) is 10.2 Å². The van der Waals surface area contributed by atoms with Crippen molar-refractivity contribution in [2.75, 3.05) is 0 Å². The van der Waals surface area contributed by atoms with Crippen molar-refractivity contribution < 1.29 is 0 Å². The summed E-state index contributed by atoms with van der Waals surface area (Å²) in [6.45, 7) is 4.31. The first-order chi connectivity index (χ1) is 7.08. The number of nitrogens with zero attached hydrogens (tertiary/aromatic N) is 4. The molecule has 0 saturated heterocycles. The Kier molecular flexibility index (Phi) is 2.34. The van der Waals surface area contributed by atoms with Gasteiger partial charge in [0.15, 0.2) is 0 Å². The molecule has 4 heteroatoms. The van der Waals surface area contributed by atoms with E-state index in [2.05, 4.69) is 24.0 Å². The third kappa shape index (κ3) is 1.79. The molecule has 0 aliphatic carbocycles. The monoisotopic (exact) mass is 204 g/mol. The summed E-state index contributed by atoms with van der Waals surface area (Å²) in [5.74, 6) is 0.432. The molecular formula is C11H16N4. The van der Waals surface area contributed by atoms with Crippen molar-refractivity contribution in [2.24, 2.45) is 14.1 Å². The van der Waals surface area contributed by atoms with Crippen LogP contribution in [-0.4, -0.2) is 19.6 Å². The van der Waals surface area contributed by atoms with E-state index < -0.39 is 0 Å². The van der Waals surface area contributed by atoms with Crippen LogP contribution in [0.4, 0.5) is 0 Å². The molecule has 2 aromatic rings. The van der Waals surface area contributed by atoms with Gasteiger partial charge >= 0.3 is 0 Å². The van der Waals surface area contributed by atoms with Gasteiger partial charge in [-0.05, 0) is 5.92 Å². The van der Waals surface area contributed by atoms with Crippen LogP contribution in [0.25, 0.3) is 11.1 Å². The maximum atomic E-state index is 4.48. The van der Waals surface area contributed by atoms with Crippen LogP contribution < -0.4 is 0 Å². The van der Waals surface area contributed by atoms with E-state index in [4.69, 9.17) is 0 Å². The maximum absolute atomic E-state index is 4.48. The zero-order valence-electron chi connectivity index (χ0n) is 9.60. The maximum Gasteiger partial charge on any atom is 0.0729 e. The van der Waals surface area contributed by atoms with Crippen LogP contribution in [0.3, 0.4) is 0 Å². The molecule has 2 rings (SSSR count). The van der Waals surface area contributed by atoms with Gasteiger partial charge in [-0.15, -0.1) is 0 Å². The van der Waals surface area contributed by atoms with Crippen LogP contribution in [0.15, 0.2) is 18.6 Å². The van der Waals surface area contributed by atoms with E-state index in [1.165, 1.54) is 5.56 Å². The first-order valence-electron chi connectivity index (χ1n) is 5.10. The van der Waals surface area contributed by atoms with Crippen LogP contribution in [0.2, 0.25) is 0 Å². The molecule has 0 N–H and O–H groups in total. The Balaban J connectivity index is 2.52. The van der Waals surface area contributed by atoms with E-state index in [1.807, 2.05) is 42.0 Å². The van der Waals surface area contributed by atoms with Gasteiger partial charge in [-0.1, -0.05) is 13.8 Å². The van der Waals surface area contributed by atoms with E-state index in [0.717, 1.165) is 11.3 Å². The molecule has 0 aliphatic rings. The smallest absolute Gasteiger partial charge is 0.0729 e. The lowest BCUT2D eigenvalue weighted by Crippen LogP contribution is -1.93. The molecule has 0 spiro atoms. The van der Waals surface area contributed by atoms with E-state index in [-0.39, 0.29) is 0 Å². The highest BCUT2D eigenvalue weighted by Gasteiger charge is 2.13. The normalized spacial score (nSPS) is 11.3. The summed E-state index contributed by atoms with van der Waals surface area (Å²) in [6.07, 6.45) is 5.94. The first-order valence-corrected chi connectivity index (χ1v) is 5.10. The fourth-order valence-corrected chi connectivity index (χ4v) is 1.71. The summed E-state index contributed by atoms with van der Waals surface area (Å²) in [7, 11) is 3.88. The summed E-state index contributed by atoms with van der Waals surface area (Å²) in [4.78, 5) is 0. The predicted octanol–water partition coefficient (Wildman–Crippen LogP) is 1.94. The summed E-state index contributed by atoms with van der Waals surface area (Å²) in [6, 6.07) is 0. The van der Waals surface area contributed by atoms with E-state index >= 15 is 0 Å². The molecule has 0 radical (unpaired) electrons. The van der Waals surface area contributed by atoms with Gasteiger partial charge in [0, 0.05) is 37.6 Å². The average molecular weight is 204 g/mol. The fraction of sp³-hybridized carbons (Fsp3) is 0.455. The van der Waals surface area contributed by atoms with E-state index in [0.29, 0.717) is 5.92 Å². The standard InChI is InChI=1S/C11H16N4/c1-8(2)11-10(7-15(4)13-11)9-5-12-14(3)6-9/h5-8H,1-4H3. The molecule has 2 aromatic heterocycles. The summed E-state index contributed by atoms with van der Waals surface area (Å²) in [5.41, 5.74) is 3.44. The minimum atomic E-state index is 0.432. The second kappa shape index (κ2) is 3.53. The molecule has 80 valence electrons. The molecule has 0 atom stereocenters. The molecule has 0 amide bonds. The molecular weight excluding hydrogens is 188 g/mol. The zero-order chi connectivity index (χ0) is 11.0. The summed E-state index contributed by atoms with van der Waals surface area (Å²) in [5, 5.41) is 8.66. The Morgan fingerprint density at radius 3 is 2.40 bits per heavy atom. The van der Waals surface area contributed by atoms with Crippen molar-refractivity contribution in [3.05, 3.63) is 24.3 Å². The highest BCUT2D eigenvalue weighted by atomic mass is 15.3. The second-order valence-corrected chi connectivity index (χ2v) is 4.16. The Labute approximate surface area is 89.5 Å². The van der Waals surface area contributed by atoms with Crippen LogP contribution in [0.1, 0.15) is 25.5 Å². The van der Waals surface area contributed by atoms with Crippen molar-refractivity contribution in [3.63, 3.8) is 0 Å². The van der Waals surface area contributed by atoms with E-state index in [1.54, 1.807) is 0 Å². The average Bonchev–Trinajstić information content (AvgIpc) is 2.71. The highest BCUT2D eigenvalue weighted by molar-refractivity contribution is 5.64. The van der Waals surface area contributed by atoms with Gasteiger partial charge in [0.25, 0.3) is 0 Å². The first kappa shape index (κ1) is 9.96. The van der Waals surface area contributed by atoms with Crippen LogP contribution in [0.5, 0.6) is 0 Å². The molecule has 0 aromatic carbocycles. The van der Waals surface area contributed by atoms with Gasteiger partial charge in [-0.25, -0.2) is 0 Å². The summed E-state index contributed by atoms with van der Waals surface area (Å²) < 4.78 is 3.67. The number of rotatable bonds is 2. The Morgan fingerprint density at radius 2 is 1.87 bits per heavy atom. The minimum Gasteiger partial charge on any atom is -0.275 e. The topological polar surface area (TPSA) is 35.6 Å². The van der Waals surface area contributed by atoms with Crippen LogP contribution in [-0.2, 0) is 14.1 Å². The predicted molar refractivity (Wildman–Crippen MR) is 59.5 cm³/mol. The van der Waals surface area contributed by atoms with Gasteiger partial charge in [0.05, 0.1) is 11.9 Å². The van der Waals surface area contributed by atoms with Crippen molar-refractivity contribution in [1.82, 2.24) is 19.6 Å². The summed E-state index contributed by atoms with van der Waals surface area (Å²) >= 11 is 0. The van der Waals surface area contributed by atoms with Crippen LogP contribution in [0, 0.1) is 0 Å². The lowest BCUT2D eigenvalue weighted by molar-refractivity contribution is 0.713. The van der Waals surface area contributed by atoms with Gasteiger partial charge in [0.1, 0.15) is 0 Å². The lowest BCUT2D eigenvalue weighted by Gasteiger charge is -2.02. The third-order valence-corrected chi connectivity index (χ3v) is 2.42. The van der Waals surface area contributed by atoms with Gasteiger partial charge < -0.3 is 0 Å². The third-order valence-electron chi connectivity index (χ3n) is 2.42. The molecule has 15 heavy (non-hydrogen) atoms. The SMILES string of the molecule is CC(C)c1nn(C)cc1-c1cnn(C)c1. The zero-order valence-corrected chi connectivity index (χ0v) is 9.60. The molecule has 4 nitrogen and oxygen atoms in total. The Morgan fingerprint density at radius 1 is 1.13 bits per heavy atom. The molecule has 2 heterocycles.